The van der Waals surface area contributed by atoms with Crippen molar-refractivity contribution < 1.29 is 9.53 Å². The average molecular weight is 248 g/mol. The summed E-state index contributed by atoms with van der Waals surface area (Å²) in [7, 11) is 0. The van der Waals surface area contributed by atoms with E-state index in [4.69, 9.17) is 10.5 Å². The zero-order valence-corrected chi connectivity index (χ0v) is 10.9. The van der Waals surface area contributed by atoms with E-state index < -0.39 is 5.54 Å². The van der Waals surface area contributed by atoms with Gasteiger partial charge in [0, 0.05) is 6.04 Å². The predicted molar refractivity (Wildman–Crippen MR) is 70.4 cm³/mol. The molecule has 1 fully saturated rings. The molecule has 0 heterocycles. The van der Waals surface area contributed by atoms with Gasteiger partial charge in [-0.1, -0.05) is 12.1 Å². The van der Waals surface area contributed by atoms with Gasteiger partial charge in [-0.05, 0) is 44.4 Å². The third-order valence-electron chi connectivity index (χ3n) is 3.16. The zero-order valence-electron chi connectivity index (χ0n) is 10.9. The van der Waals surface area contributed by atoms with E-state index in [0.29, 0.717) is 6.04 Å². The standard InChI is InChI=1S/C14H20N2O2/c1-10-4-3-5-12(8-10)18-9-14(2,13(15)17)16-11-6-7-11/h3-5,8,11,16H,6-7,9H2,1-2H3,(H2,15,17). The van der Waals surface area contributed by atoms with Gasteiger partial charge < -0.3 is 10.5 Å². The maximum absolute atomic E-state index is 11.6. The van der Waals surface area contributed by atoms with Crippen LogP contribution in [0.2, 0.25) is 0 Å². The second-order valence-corrected chi connectivity index (χ2v) is 5.22. The maximum Gasteiger partial charge on any atom is 0.240 e. The number of aryl methyl sites for hydroxylation is 1. The number of carbonyl (C=O) groups excluding carboxylic acids is 1. The molecule has 0 spiro atoms. The summed E-state index contributed by atoms with van der Waals surface area (Å²) in [5.74, 6) is 0.391. The molecular formula is C14H20N2O2. The molecule has 0 aliphatic heterocycles. The van der Waals surface area contributed by atoms with Crippen molar-refractivity contribution in [3.63, 3.8) is 0 Å². The van der Waals surface area contributed by atoms with E-state index in [9.17, 15) is 4.79 Å². The molecule has 1 amide bonds. The van der Waals surface area contributed by atoms with Gasteiger partial charge in [-0.3, -0.25) is 10.1 Å². The Kier molecular flexibility index (Phi) is 3.57. The predicted octanol–water partition coefficient (Wildman–Crippen LogP) is 1.37. The highest BCUT2D eigenvalue weighted by atomic mass is 16.5. The molecule has 98 valence electrons. The summed E-state index contributed by atoms with van der Waals surface area (Å²) < 4.78 is 5.68. The zero-order chi connectivity index (χ0) is 13.2. The van der Waals surface area contributed by atoms with Crippen molar-refractivity contribution in [2.24, 2.45) is 5.73 Å². The van der Waals surface area contributed by atoms with E-state index in [0.717, 1.165) is 24.2 Å². The normalized spacial score (nSPS) is 18.1. The average Bonchev–Trinajstić information content (AvgIpc) is 3.10. The number of primary amides is 1. The molecule has 0 aromatic heterocycles. The van der Waals surface area contributed by atoms with E-state index in [1.54, 1.807) is 6.92 Å². The van der Waals surface area contributed by atoms with E-state index in [2.05, 4.69) is 5.32 Å². The second kappa shape index (κ2) is 4.98. The summed E-state index contributed by atoms with van der Waals surface area (Å²) in [4.78, 5) is 11.6. The van der Waals surface area contributed by atoms with Crippen LogP contribution in [0.5, 0.6) is 5.75 Å². The molecule has 2 rings (SSSR count). The van der Waals surface area contributed by atoms with Gasteiger partial charge in [0.15, 0.2) is 0 Å². The van der Waals surface area contributed by atoms with Crippen LogP contribution in [0, 0.1) is 6.92 Å². The number of benzene rings is 1. The van der Waals surface area contributed by atoms with Crippen LogP contribution in [-0.4, -0.2) is 24.1 Å². The molecule has 4 heteroatoms. The van der Waals surface area contributed by atoms with Gasteiger partial charge in [0.05, 0.1) is 0 Å². The van der Waals surface area contributed by atoms with E-state index in [1.807, 2.05) is 31.2 Å². The van der Waals surface area contributed by atoms with Gasteiger partial charge in [-0.25, -0.2) is 0 Å². The first-order valence-electron chi connectivity index (χ1n) is 6.27. The number of amides is 1. The summed E-state index contributed by atoms with van der Waals surface area (Å²) >= 11 is 0. The Labute approximate surface area is 108 Å². The van der Waals surface area contributed by atoms with Gasteiger partial charge in [-0.15, -0.1) is 0 Å². The fourth-order valence-corrected chi connectivity index (χ4v) is 1.79. The van der Waals surface area contributed by atoms with Gasteiger partial charge >= 0.3 is 0 Å². The molecule has 1 aliphatic carbocycles. The molecule has 0 bridgehead atoms. The van der Waals surface area contributed by atoms with Crippen LogP contribution in [0.4, 0.5) is 0 Å². The third-order valence-corrected chi connectivity index (χ3v) is 3.16. The fourth-order valence-electron chi connectivity index (χ4n) is 1.79. The van der Waals surface area contributed by atoms with Crippen LogP contribution in [-0.2, 0) is 4.79 Å². The van der Waals surface area contributed by atoms with Crippen molar-refractivity contribution in [3.05, 3.63) is 29.8 Å². The summed E-state index contributed by atoms with van der Waals surface area (Å²) in [6.07, 6.45) is 2.21. The Morgan fingerprint density at radius 2 is 2.28 bits per heavy atom. The highest BCUT2D eigenvalue weighted by molar-refractivity contribution is 5.84. The molecular weight excluding hydrogens is 228 g/mol. The van der Waals surface area contributed by atoms with Crippen LogP contribution < -0.4 is 15.8 Å². The molecule has 0 radical (unpaired) electrons. The van der Waals surface area contributed by atoms with Crippen LogP contribution in [0.3, 0.4) is 0 Å². The second-order valence-electron chi connectivity index (χ2n) is 5.22. The fraction of sp³-hybridized carbons (Fsp3) is 0.500. The summed E-state index contributed by atoms with van der Waals surface area (Å²) in [5, 5.41) is 3.25. The third kappa shape index (κ3) is 3.23. The summed E-state index contributed by atoms with van der Waals surface area (Å²) in [6, 6.07) is 8.16. The SMILES string of the molecule is Cc1cccc(OCC(C)(NC2CC2)C(N)=O)c1. The first-order valence-corrected chi connectivity index (χ1v) is 6.27. The Morgan fingerprint density at radius 3 is 2.83 bits per heavy atom. The Morgan fingerprint density at radius 1 is 1.56 bits per heavy atom. The number of nitrogens with two attached hydrogens (primary N) is 1. The van der Waals surface area contributed by atoms with Crippen molar-refractivity contribution in [1.82, 2.24) is 5.32 Å². The summed E-state index contributed by atoms with van der Waals surface area (Å²) in [5.41, 5.74) is 5.79. The number of hydrogen-bond donors (Lipinski definition) is 2. The van der Waals surface area contributed by atoms with Crippen LogP contribution in [0.1, 0.15) is 25.3 Å². The largest absolute Gasteiger partial charge is 0.491 e. The lowest BCUT2D eigenvalue weighted by molar-refractivity contribution is -0.125. The minimum Gasteiger partial charge on any atom is -0.491 e. The monoisotopic (exact) mass is 248 g/mol. The molecule has 1 saturated carbocycles. The minimum atomic E-state index is -0.801. The molecule has 1 unspecified atom stereocenters. The van der Waals surface area contributed by atoms with Gasteiger partial charge in [0.25, 0.3) is 0 Å². The highest BCUT2D eigenvalue weighted by Gasteiger charge is 2.37. The first kappa shape index (κ1) is 12.9. The molecule has 18 heavy (non-hydrogen) atoms. The topological polar surface area (TPSA) is 64.3 Å². The Bertz CT molecular complexity index is 443. The van der Waals surface area contributed by atoms with E-state index in [1.165, 1.54) is 0 Å². The molecule has 1 aliphatic rings. The quantitative estimate of drug-likeness (QED) is 0.799. The number of rotatable bonds is 6. The lowest BCUT2D eigenvalue weighted by atomic mass is 10.0. The van der Waals surface area contributed by atoms with Crippen LogP contribution in [0.15, 0.2) is 24.3 Å². The van der Waals surface area contributed by atoms with E-state index in [-0.39, 0.29) is 12.5 Å². The van der Waals surface area contributed by atoms with Gasteiger partial charge in [-0.2, -0.15) is 0 Å². The maximum atomic E-state index is 11.6. The first-order chi connectivity index (χ1) is 8.49. The molecule has 1 aromatic carbocycles. The van der Waals surface area contributed by atoms with Crippen LogP contribution >= 0.6 is 0 Å². The Hall–Kier alpha value is -1.55. The smallest absolute Gasteiger partial charge is 0.240 e. The highest BCUT2D eigenvalue weighted by Crippen LogP contribution is 2.23. The lowest BCUT2D eigenvalue weighted by Crippen LogP contribution is -2.57. The minimum absolute atomic E-state index is 0.252. The van der Waals surface area contributed by atoms with Crippen molar-refractivity contribution in [2.45, 2.75) is 38.3 Å². The van der Waals surface area contributed by atoms with E-state index >= 15 is 0 Å². The van der Waals surface area contributed by atoms with Gasteiger partial charge in [0.1, 0.15) is 17.9 Å². The van der Waals surface area contributed by atoms with Gasteiger partial charge in [0.2, 0.25) is 5.91 Å². The van der Waals surface area contributed by atoms with Crippen molar-refractivity contribution in [2.75, 3.05) is 6.61 Å². The number of ether oxygens (including phenoxy) is 1. The van der Waals surface area contributed by atoms with Crippen LogP contribution in [0.25, 0.3) is 0 Å². The van der Waals surface area contributed by atoms with Crippen molar-refractivity contribution >= 4 is 5.91 Å². The number of carbonyl (C=O) groups is 1. The summed E-state index contributed by atoms with van der Waals surface area (Å²) in [6.45, 7) is 4.05. The molecule has 3 N–H and O–H groups in total. The van der Waals surface area contributed by atoms with Crippen molar-refractivity contribution in [3.8, 4) is 5.75 Å². The lowest BCUT2D eigenvalue weighted by Gasteiger charge is -2.27. The van der Waals surface area contributed by atoms with Crippen molar-refractivity contribution in [1.29, 1.82) is 0 Å². The molecule has 0 saturated heterocycles. The molecule has 1 atom stereocenters. The Balaban J connectivity index is 1.98. The number of nitrogens with one attached hydrogen (secondary N) is 1. The molecule has 4 nitrogen and oxygen atoms in total. The number of hydrogen-bond acceptors (Lipinski definition) is 3. The molecule has 1 aromatic rings.